The van der Waals surface area contributed by atoms with E-state index in [1.165, 1.54) is 48.8 Å². The molecular weight excluding hydrogens is 496 g/mol. The Morgan fingerprint density at radius 3 is 2.58 bits per heavy atom. The number of H-pyrrole nitrogens is 1. The van der Waals surface area contributed by atoms with E-state index in [0.717, 1.165) is 11.6 Å². The van der Waals surface area contributed by atoms with Crippen molar-refractivity contribution in [2.45, 2.75) is 19.8 Å². The quantitative estimate of drug-likeness (QED) is 0.251. The average Bonchev–Trinajstić information content (AvgIpc) is 3.38. The van der Waals surface area contributed by atoms with E-state index < -0.39 is 29.3 Å². The van der Waals surface area contributed by atoms with Gasteiger partial charge in [0, 0.05) is 37.0 Å². The lowest BCUT2D eigenvalue weighted by Gasteiger charge is -2.10. The summed E-state index contributed by atoms with van der Waals surface area (Å²) in [5.41, 5.74) is 2.39. The zero-order chi connectivity index (χ0) is 27.2. The molecule has 2 aromatic carbocycles. The Morgan fingerprint density at radius 2 is 1.79 bits per heavy atom. The molecule has 0 saturated carbocycles. The van der Waals surface area contributed by atoms with E-state index in [2.05, 4.69) is 15.3 Å². The number of hydrogen-bond donors (Lipinski definition) is 3. The van der Waals surface area contributed by atoms with Crippen LogP contribution in [0.25, 0.3) is 11.4 Å². The van der Waals surface area contributed by atoms with E-state index in [1.807, 2.05) is 0 Å². The van der Waals surface area contributed by atoms with Gasteiger partial charge in [-0.15, -0.1) is 0 Å². The number of nitrogens with one attached hydrogen (secondary N) is 2. The maximum absolute atomic E-state index is 14.5. The first kappa shape index (κ1) is 26.2. The van der Waals surface area contributed by atoms with Crippen molar-refractivity contribution in [1.29, 1.82) is 0 Å². The van der Waals surface area contributed by atoms with Gasteiger partial charge in [-0.3, -0.25) is 19.4 Å². The van der Waals surface area contributed by atoms with Gasteiger partial charge in [-0.05, 0) is 48.9 Å². The number of carbonyl (C=O) groups is 3. The third-order valence-electron chi connectivity index (χ3n) is 5.61. The maximum Gasteiger partial charge on any atom is 0.305 e. The first-order valence-corrected chi connectivity index (χ1v) is 11.6. The van der Waals surface area contributed by atoms with Crippen LogP contribution in [0.2, 0.25) is 0 Å². The van der Waals surface area contributed by atoms with E-state index in [1.54, 1.807) is 19.1 Å². The molecule has 38 heavy (non-hydrogen) atoms. The number of aromatic nitrogens is 2. The van der Waals surface area contributed by atoms with Crippen LogP contribution in [0.4, 0.5) is 8.78 Å². The number of halogens is 2. The lowest BCUT2D eigenvalue weighted by Crippen LogP contribution is -2.25. The van der Waals surface area contributed by atoms with Crippen LogP contribution in [-0.2, 0) is 11.2 Å². The summed E-state index contributed by atoms with van der Waals surface area (Å²) in [5, 5.41) is 11.2. The van der Waals surface area contributed by atoms with Gasteiger partial charge in [-0.2, -0.15) is 0 Å². The number of ketones is 1. The second kappa shape index (κ2) is 11.5. The van der Waals surface area contributed by atoms with Crippen molar-refractivity contribution in [3.63, 3.8) is 0 Å². The standard InChI is InChI=1S/C28H23F2N3O5/c1-16-2-4-21(29)18(10-16)12-25(34)17-3-5-22(30)26(13-17)38-20-6-8-31-24(14-20)23-11-19(15-33-23)28(37)32-9-7-27(35)36/h2-6,8,10-11,13-15,33H,7,9,12H2,1H3,(H,32,37)(H,35,36). The van der Waals surface area contributed by atoms with Crippen molar-refractivity contribution < 1.29 is 33.0 Å². The molecular formula is C28H23F2N3O5. The van der Waals surface area contributed by atoms with Crippen molar-refractivity contribution in [1.82, 2.24) is 15.3 Å². The monoisotopic (exact) mass is 519 g/mol. The molecule has 0 fully saturated rings. The normalized spacial score (nSPS) is 10.7. The first-order chi connectivity index (χ1) is 18.2. The number of carboxylic acids is 1. The van der Waals surface area contributed by atoms with Crippen LogP contribution < -0.4 is 10.1 Å². The molecule has 2 heterocycles. The molecule has 0 aliphatic carbocycles. The van der Waals surface area contributed by atoms with Gasteiger partial charge in [0.15, 0.2) is 17.3 Å². The van der Waals surface area contributed by atoms with Crippen LogP contribution in [0.1, 0.15) is 38.3 Å². The number of aromatic amines is 1. The minimum atomic E-state index is -1.02. The molecule has 8 nitrogen and oxygen atoms in total. The molecule has 0 atom stereocenters. The lowest BCUT2D eigenvalue weighted by atomic mass is 10.0. The molecule has 1 amide bonds. The summed E-state index contributed by atoms with van der Waals surface area (Å²) >= 11 is 0. The summed E-state index contributed by atoms with van der Waals surface area (Å²) in [7, 11) is 0. The van der Waals surface area contributed by atoms with Gasteiger partial charge >= 0.3 is 5.97 Å². The number of ether oxygens (including phenoxy) is 1. The maximum atomic E-state index is 14.5. The molecule has 3 N–H and O–H groups in total. The zero-order valence-electron chi connectivity index (χ0n) is 20.3. The van der Waals surface area contributed by atoms with Gasteiger partial charge in [0.2, 0.25) is 0 Å². The first-order valence-electron chi connectivity index (χ1n) is 11.6. The van der Waals surface area contributed by atoms with Crippen molar-refractivity contribution in [2.75, 3.05) is 6.54 Å². The molecule has 0 aliphatic heterocycles. The van der Waals surface area contributed by atoms with E-state index >= 15 is 0 Å². The fraction of sp³-hybridized carbons (Fsp3) is 0.143. The fourth-order valence-corrected chi connectivity index (χ4v) is 3.68. The summed E-state index contributed by atoms with van der Waals surface area (Å²) in [4.78, 5) is 42.7. The smallest absolute Gasteiger partial charge is 0.305 e. The van der Waals surface area contributed by atoms with Crippen LogP contribution in [0, 0.1) is 18.6 Å². The molecule has 2 aromatic heterocycles. The molecule has 194 valence electrons. The van der Waals surface area contributed by atoms with E-state index in [0.29, 0.717) is 11.4 Å². The molecule has 4 aromatic rings. The SMILES string of the molecule is Cc1ccc(F)c(CC(=O)c2ccc(F)c(Oc3ccnc(-c4cc(C(=O)NCCC(=O)O)c[nH]4)c3)c2)c1. The number of hydrogen-bond acceptors (Lipinski definition) is 5. The Kier molecular flexibility index (Phi) is 7.91. The van der Waals surface area contributed by atoms with E-state index in [4.69, 9.17) is 9.84 Å². The number of carboxylic acid groups (broad SMARTS) is 1. The van der Waals surface area contributed by atoms with E-state index in [-0.39, 0.29) is 47.6 Å². The average molecular weight is 520 g/mol. The van der Waals surface area contributed by atoms with Gasteiger partial charge in [-0.25, -0.2) is 8.78 Å². The number of Topliss-reactive ketones (excluding diaryl/α,β-unsaturated/α-hetero) is 1. The number of amides is 1. The van der Waals surface area contributed by atoms with Crippen molar-refractivity contribution in [3.05, 3.63) is 101 Å². The van der Waals surface area contributed by atoms with Crippen molar-refractivity contribution in [3.8, 4) is 22.9 Å². The van der Waals surface area contributed by atoms with Crippen LogP contribution in [-0.4, -0.2) is 39.3 Å². The summed E-state index contributed by atoms with van der Waals surface area (Å²) in [6.07, 6.45) is 2.51. The Morgan fingerprint density at radius 1 is 1.00 bits per heavy atom. The minimum Gasteiger partial charge on any atom is -0.481 e. The topological polar surface area (TPSA) is 121 Å². The summed E-state index contributed by atoms with van der Waals surface area (Å²) < 4.78 is 34.3. The Hall–Kier alpha value is -4.86. The Bertz CT molecular complexity index is 1520. The third kappa shape index (κ3) is 6.47. The summed E-state index contributed by atoms with van der Waals surface area (Å²) in [6, 6.07) is 12.8. The van der Waals surface area contributed by atoms with Crippen LogP contribution in [0.15, 0.2) is 67.0 Å². The van der Waals surface area contributed by atoms with Crippen LogP contribution in [0.3, 0.4) is 0 Å². The molecule has 0 spiro atoms. The zero-order valence-corrected chi connectivity index (χ0v) is 20.3. The highest BCUT2D eigenvalue weighted by Gasteiger charge is 2.16. The molecule has 0 bridgehead atoms. The van der Waals surface area contributed by atoms with Gasteiger partial charge in [0.1, 0.15) is 11.6 Å². The van der Waals surface area contributed by atoms with Gasteiger partial charge in [-0.1, -0.05) is 17.7 Å². The molecule has 4 rings (SSSR count). The Balaban J connectivity index is 1.48. The Labute approximate surface area is 216 Å². The second-order valence-corrected chi connectivity index (χ2v) is 8.52. The number of aliphatic carboxylic acids is 1. The highest BCUT2D eigenvalue weighted by Crippen LogP contribution is 2.29. The van der Waals surface area contributed by atoms with Crippen molar-refractivity contribution >= 4 is 17.7 Å². The van der Waals surface area contributed by atoms with Gasteiger partial charge < -0.3 is 20.1 Å². The highest BCUT2D eigenvalue weighted by atomic mass is 19.1. The molecule has 0 saturated heterocycles. The number of carbonyl (C=O) groups excluding carboxylic acids is 2. The number of rotatable bonds is 10. The minimum absolute atomic E-state index is 0.0106. The number of pyridine rings is 1. The molecule has 0 aliphatic rings. The highest BCUT2D eigenvalue weighted by molar-refractivity contribution is 5.98. The predicted octanol–water partition coefficient (Wildman–Crippen LogP) is 5.09. The number of nitrogens with zero attached hydrogens (tertiary/aromatic N) is 1. The summed E-state index contributed by atoms with van der Waals surface area (Å²) in [5.74, 6) is -3.01. The van der Waals surface area contributed by atoms with Gasteiger partial charge in [0.05, 0.1) is 23.4 Å². The molecule has 0 unspecified atom stereocenters. The summed E-state index contributed by atoms with van der Waals surface area (Å²) in [6.45, 7) is 1.79. The largest absolute Gasteiger partial charge is 0.481 e. The van der Waals surface area contributed by atoms with E-state index in [9.17, 15) is 23.2 Å². The number of benzene rings is 2. The third-order valence-corrected chi connectivity index (χ3v) is 5.61. The van der Waals surface area contributed by atoms with Crippen molar-refractivity contribution in [2.24, 2.45) is 0 Å². The fourth-order valence-electron chi connectivity index (χ4n) is 3.68. The molecule has 10 heteroatoms. The lowest BCUT2D eigenvalue weighted by molar-refractivity contribution is -0.136. The van der Waals surface area contributed by atoms with Crippen LogP contribution in [0.5, 0.6) is 11.5 Å². The molecule has 0 radical (unpaired) electrons. The number of aryl methyl sites for hydroxylation is 1. The predicted molar refractivity (Wildman–Crippen MR) is 134 cm³/mol. The van der Waals surface area contributed by atoms with Gasteiger partial charge in [0.25, 0.3) is 5.91 Å². The second-order valence-electron chi connectivity index (χ2n) is 8.52. The van der Waals surface area contributed by atoms with Crippen LogP contribution >= 0.6 is 0 Å².